The lowest BCUT2D eigenvalue weighted by molar-refractivity contribution is 0.187. The number of hydrogen-bond donors (Lipinski definition) is 1. The van der Waals surface area contributed by atoms with Gasteiger partial charge in [0.25, 0.3) is 8.48 Å². The van der Waals surface area contributed by atoms with Crippen molar-refractivity contribution in [1.82, 2.24) is 8.46 Å². The van der Waals surface area contributed by atoms with Crippen molar-refractivity contribution in [3.8, 4) is 0 Å². The van der Waals surface area contributed by atoms with E-state index in [0.717, 1.165) is 77.3 Å². The van der Waals surface area contributed by atoms with Gasteiger partial charge in [0.1, 0.15) is 39.5 Å². The normalized spacial score (nSPS) is 16.4. The van der Waals surface area contributed by atoms with E-state index in [9.17, 15) is 0 Å². The van der Waals surface area contributed by atoms with E-state index in [1.807, 2.05) is 13.8 Å². The van der Waals surface area contributed by atoms with Crippen molar-refractivity contribution >= 4 is 104 Å². The summed E-state index contributed by atoms with van der Waals surface area (Å²) in [5, 5.41) is 0. The molecule has 1 fully saturated rings. The molecule has 1 atom stereocenters. The molecule has 22 heteroatoms. The summed E-state index contributed by atoms with van der Waals surface area (Å²) in [7, 11) is -13.8. The van der Waals surface area contributed by atoms with Crippen LogP contribution in [0.5, 0.6) is 0 Å². The van der Waals surface area contributed by atoms with Gasteiger partial charge in [0.15, 0.2) is 0 Å². The molecule has 1 aliphatic rings. The maximum atomic E-state index is 6.03. The third kappa shape index (κ3) is 52.8. The fraction of sp³-hybridized carbons (Fsp3) is 1.00. The lowest BCUT2D eigenvalue weighted by Crippen LogP contribution is -2.60. The van der Waals surface area contributed by atoms with Crippen molar-refractivity contribution in [3.63, 3.8) is 0 Å². The zero-order valence-corrected chi connectivity index (χ0v) is 64.7. The number of rotatable bonds is 29. The van der Waals surface area contributed by atoms with E-state index in [-0.39, 0.29) is 0 Å². The van der Waals surface area contributed by atoms with Gasteiger partial charge in [-0.25, -0.2) is 0 Å². The maximum Gasteiger partial charge on any atom is 0.334 e. The Morgan fingerprint density at radius 1 is 0.465 bits per heavy atom. The second kappa shape index (κ2) is 40.5. The van der Waals surface area contributed by atoms with Crippen LogP contribution in [0.4, 0.5) is 0 Å². The molecule has 1 aliphatic heterocycles. The molecule has 0 amide bonds. The second-order valence-corrected chi connectivity index (χ2v) is 75.4. The minimum atomic E-state index is -1.93. The Balaban J connectivity index is -0.000000259. The first-order valence-corrected chi connectivity index (χ1v) is 61.2. The van der Waals surface area contributed by atoms with Gasteiger partial charge in [-0.1, -0.05) is 137 Å². The molecule has 0 bridgehead atoms. The van der Waals surface area contributed by atoms with E-state index in [0.29, 0.717) is 0 Å². The van der Waals surface area contributed by atoms with Crippen LogP contribution in [-0.4, -0.2) is 156 Å². The van der Waals surface area contributed by atoms with Crippen LogP contribution in [0, 0.1) is 0 Å². The van der Waals surface area contributed by atoms with Crippen LogP contribution in [0.15, 0.2) is 0 Å². The Bertz CT molecular complexity index is 1200. The molecule has 71 heavy (non-hydrogen) atoms. The monoisotopic (exact) mass is 1220 g/mol. The van der Waals surface area contributed by atoms with Crippen molar-refractivity contribution in [2.45, 2.75) is 255 Å². The summed E-state index contributed by atoms with van der Waals surface area (Å²) in [5.74, 6) is 0. The van der Waals surface area contributed by atoms with Crippen LogP contribution in [-0.2, 0) is 31.0 Å². The Morgan fingerprint density at radius 2 is 0.761 bits per heavy atom. The minimum Gasteiger partial charge on any atom is -0.404 e. The minimum absolute atomic E-state index is 0.725. The van der Waals surface area contributed by atoms with Crippen molar-refractivity contribution < 1.29 is 31.0 Å². The predicted octanol–water partition coefficient (Wildman–Crippen LogP) is 17.0. The zero-order valence-electron chi connectivity index (χ0n) is 53.2. The Morgan fingerprint density at radius 3 is 1.01 bits per heavy atom. The van der Waals surface area contributed by atoms with Gasteiger partial charge in [0.2, 0.25) is 0 Å². The van der Waals surface area contributed by atoms with Crippen molar-refractivity contribution in [1.29, 1.82) is 0 Å². The summed E-state index contributed by atoms with van der Waals surface area (Å²) in [6.45, 7) is 74.0. The van der Waals surface area contributed by atoms with Gasteiger partial charge in [-0.05, 0) is 138 Å². The first-order chi connectivity index (χ1) is 31.9. The first-order valence-electron chi connectivity index (χ1n) is 28.0. The number of halogens is 2. The summed E-state index contributed by atoms with van der Waals surface area (Å²) in [5.41, 5.74) is 5.44. The molecular weight excluding hydrogens is 1090 g/mol. The van der Waals surface area contributed by atoms with E-state index < -0.39 is 81.7 Å². The highest BCUT2D eigenvalue weighted by Gasteiger charge is 2.46. The molecule has 0 aromatic rings. The van der Waals surface area contributed by atoms with E-state index in [1.54, 1.807) is 0 Å². The highest BCUT2D eigenvalue weighted by molar-refractivity contribution is 7.18. The molecule has 0 aromatic heterocycles. The maximum absolute atomic E-state index is 6.03. The van der Waals surface area contributed by atoms with Gasteiger partial charge in [-0.15, -0.1) is 0 Å². The topological polar surface area (TPSA) is 97.1 Å². The van der Waals surface area contributed by atoms with Gasteiger partial charge in [0, 0.05) is 54.3 Å². The SMILES string of the molecule is CCO[Si](C)(CCCC[Si](C)(C)C)OCC.CCO[Si](C)(CCCN([Si](C)(C)C)[Si](C)(C)C)OCC.CCO[Si](C)(CCCN)OCC.CCO[Si]1(C)CCCN1[Si](C)(C)C.C[Si](C)(C)Cl.C[Si](C)(C)Cl. The summed E-state index contributed by atoms with van der Waals surface area (Å²) in [4.78, 5) is 0. The number of nitrogens with two attached hydrogens (primary N) is 1. The number of nitrogens with zero attached hydrogens (tertiary/aromatic N) is 2. The molecule has 10 nitrogen and oxygen atoms in total. The number of unbranched alkanes of at least 4 members (excludes halogenated alkanes) is 1. The van der Waals surface area contributed by atoms with Crippen LogP contribution in [0.1, 0.15) is 80.6 Å². The third-order valence-corrected chi connectivity index (χ3v) is 38.4. The summed E-state index contributed by atoms with van der Waals surface area (Å²) in [6, 6.07) is 6.03. The quantitative estimate of drug-likeness (QED) is 0.0443. The van der Waals surface area contributed by atoms with Gasteiger partial charge in [-0.3, -0.25) is 0 Å². The van der Waals surface area contributed by atoms with Crippen molar-refractivity contribution in [3.05, 3.63) is 0 Å². The highest BCUT2D eigenvalue weighted by Crippen LogP contribution is 2.32. The fourth-order valence-electron chi connectivity index (χ4n) is 8.59. The highest BCUT2D eigenvalue weighted by atomic mass is 35.6. The summed E-state index contributed by atoms with van der Waals surface area (Å²) < 4.78 is 46.5. The zero-order chi connectivity index (χ0) is 57.2. The van der Waals surface area contributed by atoms with Crippen molar-refractivity contribution in [2.24, 2.45) is 5.73 Å². The standard InChI is InChI=1S/C14H37NO2Si3.C12H30O2Si2.C9H23NOSi2.C8H21NO2Si.2C3H9ClSi/c1-10-16-20(9,17-11-2)14-12-13-15(18(3,4)5)19(6,7)8;1-7-13-16(6,14-8-2)12-10-9-11-15(3,4)5;1-6-11-13(5)9-7-8-10(13)12(2,3)4;1-4-10-12(3,11-5-2)8-6-7-9;2*1-5(2,3)4/h10-14H2,1-9H3;7-12H2,1-6H3;6-9H2,1-5H3;4-9H2,1-3H3;2*1-3H3. The first kappa shape index (κ1) is 82.2. The summed E-state index contributed by atoms with van der Waals surface area (Å²) in [6.07, 6.45) is 6.18. The van der Waals surface area contributed by atoms with Gasteiger partial charge >= 0.3 is 25.7 Å². The molecule has 1 saturated heterocycles. The van der Waals surface area contributed by atoms with Gasteiger partial charge < -0.3 is 45.2 Å². The average Bonchev–Trinajstić information content (AvgIpc) is 3.55. The molecule has 0 spiro atoms. The molecule has 1 unspecified atom stereocenters. The van der Waals surface area contributed by atoms with Crippen LogP contribution in [0.2, 0.25) is 174 Å². The molecule has 1 rings (SSSR count). The van der Waals surface area contributed by atoms with Crippen molar-refractivity contribution in [2.75, 3.05) is 65.9 Å². The lowest BCUT2D eigenvalue weighted by atomic mass is 10.4. The largest absolute Gasteiger partial charge is 0.404 e. The van der Waals surface area contributed by atoms with E-state index >= 15 is 0 Å². The Labute approximate surface area is 466 Å². The van der Waals surface area contributed by atoms with Gasteiger partial charge in [-0.2, -0.15) is 22.2 Å². The van der Waals surface area contributed by atoms with Crippen LogP contribution in [0.3, 0.4) is 0 Å². The van der Waals surface area contributed by atoms with Crippen LogP contribution in [0.25, 0.3) is 0 Å². The third-order valence-electron chi connectivity index (χ3n) is 10.8. The Hall–Kier alpha value is 2.35. The average molecular weight is 1220 g/mol. The van der Waals surface area contributed by atoms with E-state index in [4.69, 9.17) is 58.9 Å². The molecule has 1 heterocycles. The Kier molecular flexibility index (Phi) is 46.9. The predicted molar refractivity (Wildman–Crippen MR) is 349 cm³/mol. The van der Waals surface area contributed by atoms with E-state index in [2.05, 4.69) is 187 Å². The molecule has 0 aliphatic carbocycles. The number of hydrogen-bond acceptors (Lipinski definition) is 10. The van der Waals surface area contributed by atoms with Crippen LogP contribution >= 0.6 is 22.2 Å². The molecule has 0 saturated carbocycles. The summed E-state index contributed by atoms with van der Waals surface area (Å²) >= 11 is 11.3. The van der Waals surface area contributed by atoms with Crippen LogP contribution < -0.4 is 5.73 Å². The molecule has 0 aromatic carbocycles. The smallest absolute Gasteiger partial charge is 0.334 e. The molecular formula is C49H129Cl2N3O7Si10. The molecule has 0 radical (unpaired) electrons. The fourth-order valence-corrected chi connectivity index (χ4v) is 36.6. The molecule has 436 valence electrons. The lowest BCUT2D eigenvalue weighted by Gasteiger charge is -2.44. The van der Waals surface area contributed by atoms with E-state index in [1.165, 1.54) is 50.9 Å². The molecule has 2 N–H and O–H groups in total. The second-order valence-electron chi connectivity index (χ2n) is 25.4. The van der Waals surface area contributed by atoms with Gasteiger partial charge in [0.05, 0.1) is 0 Å².